The molecule has 1 aliphatic carbocycles. The van der Waals surface area contributed by atoms with Gasteiger partial charge in [0, 0.05) is 29.9 Å². The summed E-state index contributed by atoms with van der Waals surface area (Å²) in [6.45, 7) is 0.664. The number of hydrogen-bond acceptors (Lipinski definition) is 4. The van der Waals surface area contributed by atoms with E-state index in [-0.39, 0.29) is 17.9 Å². The molecule has 1 aliphatic rings. The minimum absolute atomic E-state index is 0.0771. The van der Waals surface area contributed by atoms with Gasteiger partial charge in [0.1, 0.15) is 0 Å². The molecule has 1 fully saturated rings. The van der Waals surface area contributed by atoms with Gasteiger partial charge in [0.2, 0.25) is 0 Å². The molecule has 5 nitrogen and oxygen atoms in total. The Morgan fingerprint density at radius 1 is 1.26 bits per heavy atom. The Morgan fingerprint density at radius 3 is 2.68 bits per heavy atom. The van der Waals surface area contributed by atoms with E-state index in [9.17, 15) is 9.90 Å². The monoisotopic (exact) mass is 257 g/mol. The van der Waals surface area contributed by atoms with Crippen LogP contribution in [0.15, 0.2) is 30.6 Å². The highest BCUT2D eigenvalue weighted by atomic mass is 16.3. The molecule has 1 aromatic heterocycles. The van der Waals surface area contributed by atoms with Gasteiger partial charge in [-0.15, -0.1) is 0 Å². The Hall–Kier alpha value is -2.01. The molecule has 3 rings (SSSR count). The molecule has 0 atom stereocenters. The van der Waals surface area contributed by atoms with Gasteiger partial charge in [-0.05, 0) is 31.0 Å². The van der Waals surface area contributed by atoms with E-state index in [1.54, 1.807) is 30.6 Å². The van der Waals surface area contributed by atoms with Gasteiger partial charge in [-0.1, -0.05) is 0 Å². The quantitative estimate of drug-likeness (QED) is 0.861. The molecule has 98 valence electrons. The van der Waals surface area contributed by atoms with Crippen molar-refractivity contribution < 1.29 is 9.90 Å². The first-order valence-corrected chi connectivity index (χ1v) is 6.32. The van der Waals surface area contributed by atoms with Gasteiger partial charge in [0.15, 0.2) is 0 Å². The maximum absolute atomic E-state index is 12.0. The van der Waals surface area contributed by atoms with Crippen LogP contribution in [0.25, 0.3) is 11.0 Å². The van der Waals surface area contributed by atoms with Crippen LogP contribution in [0.5, 0.6) is 0 Å². The third-order valence-electron chi connectivity index (χ3n) is 3.65. The number of nitrogens with zero attached hydrogens (tertiary/aromatic N) is 2. The number of fused-ring (bicyclic) bond motifs is 1. The number of hydrogen-bond donors (Lipinski definition) is 2. The lowest BCUT2D eigenvalue weighted by molar-refractivity contribution is 0.0935. The topological polar surface area (TPSA) is 75.1 Å². The Balaban J connectivity index is 1.74. The van der Waals surface area contributed by atoms with E-state index in [4.69, 9.17) is 0 Å². The number of nitrogens with one attached hydrogen (secondary N) is 1. The summed E-state index contributed by atoms with van der Waals surface area (Å²) in [4.78, 5) is 20.4. The fourth-order valence-electron chi connectivity index (χ4n) is 2.04. The molecule has 0 spiro atoms. The maximum atomic E-state index is 12.0. The Morgan fingerprint density at radius 2 is 2.00 bits per heavy atom. The first-order chi connectivity index (χ1) is 9.22. The molecule has 5 heteroatoms. The highest BCUT2D eigenvalue weighted by Gasteiger charge is 2.42. The van der Waals surface area contributed by atoms with Gasteiger partial charge >= 0.3 is 0 Å². The summed E-state index contributed by atoms with van der Waals surface area (Å²) in [6, 6.07) is 5.26. The van der Waals surface area contributed by atoms with Crippen molar-refractivity contribution in [1.82, 2.24) is 15.3 Å². The van der Waals surface area contributed by atoms with Gasteiger partial charge in [0.25, 0.3) is 5.91 Å². The van der Waals surface area contributed by atoms with Crippen molar-refractivity contribution in [3.05, 3.63) is 36.2 Å². The summed E-state index contributed by atoms with van der Waals surface area (Å²) in [5.74, 6) is -0.132. The third kappa shape index (κ3) is 2.42. The normalized spacial score (nSPS) is 16.3. The van der Waals surface area contributed by atoms with Crippen LogP contribution in [0.3, 0.4) is 0 Å². The second kappa shape index (κ2) is 4.59. The van der Waals surface area contributed by atoms with Gasteiger partial charge in [-0.3, -0.25) is 14.8 Å². The van der Waals surface area contributed by atoms with Crippen LogP contribution < -0.4 is 5.32 Å². The molecule has 0 aliphatic heterocycles. The van der Waals surface area contributed by atoms with Gasteiger partial charge < -0.3 is 10.4 Å². The van der Waals surface area contributed by atoms with E-state index in [1.807, 2.05) is 0 Å². The van der Waals surface area contributed by atoms with E-state index in [0.29, 0.717) is 17.6 Å². The Bertz CT molecular complexity index is 623. The molecule has 1 heterocycles. The van der Waals surface area contributed by atoms with Crippen molar-refractivity contribution in [2.45, 2.75) is 12.8 Å². The average molecular weight is 257 g/mol. The van der Waals surface area contributed by atoms with Gasteiger partial charge in [0.05, 0.1) is 17.6 Å². The highest BCUT2D eigenvalue weighted by Crippen LogP contribution is 2.44. The lowest BCUT2D eigenvalue weighted by Crippen LogP contribution is -2.31. The van der Waals surface area contributed by atoms with E-state index < -0.39 is 0 Å². The lowest BCUT2D eigenvalue weighted by Gasteiger charge is -2.12. The van der Waals surface area contributed by atoms with Crippen LogP contribution in [0.4, 0.5) is 0 Å². The number of carbonyl (C=O) groups is 1. The van der Waals surface area contributed by atoms with Gasteiger partial charge in [-0.2, -0.15) is 0 Å². The molecule has 0 saturated heterocycles. The molecule has 0 unspecified atom stereocenters. The molecule has 0 radical (unpaired) electrons. The van der Waals surface area contributed by atoms with Crippen LogP contribution >= 0.6 is 0 Å². The fourth-order valence-corrected chi connectivity index (χ4v) is 2.04. The van der Waals surface area contributed by atoms with Crippen molar-refractivity contribution in [3.8, 4) is 0 Å². The zero-order valence-electron chi connectivity index (χ0n) is 10.5. The van der Waals surface area contributed by atoms with Crippen LogP contribution in [-0.2, 0) is 0 Å². The molecule has 2 N–H and O–H groups in total. The predicted octanol–water partition coefficient (Wildman–Crippen LogP) is 1.13. The minimum Gasteiger partial charge on any atom is -0.396 e. The molecule has 19 heavy (non-hydrogen) atoms. The third-order valence-corrected chi connectivity index (χ3v) is 3.65. The van der Waals surface area contributed by atoms with E-state index in [0.717, 1.165) is 18.4 Å². The second-order valence-electron chi connectivity index (χ2n) is 5.10. The first kappa shape index (κ1) is 12.0. The minimum atomic E-state index is -0.132. The predicted molar refractivity (Wildman–Crippen MR) is 70.6 cm³/mol. The van der Waals surface area contributed by atoms with E-state index in [2.05, 4.69) is 15.3 Å². The molecule has 2 aromatic rings. The molecule has 0 bridgehead atoms. The van der Waals surface area contributed by atoms with E-state index in [1.165, 1.54) is 0 Å². The van der Waals surface area contributed by atoms with Crippen LogP contribution in [0.1, 0.15) is 23.2 Å². The van der Waals surface area contributed by atoms with Crippen LogP contribution in [0.2, 0.25) is 0 Å². The maximum Gasteiger partial charge on any atom is 0.251 e. The molecule has 1 saturated carbocycles. The number of benzene rings is 1. The largest absolute Gasteiger partial charge is 0.396 e. The van der Waals surface area contributed by atoms with Crippen molar-refractivity contribution in [3.63, 3.8) is 0 Å². The zero-order valence-corrected chi connectivity index (χ0v) is 10.5. The van der Waals surface area contributed by atoms with Crippen molar-refractivity contribution >= 4 is 16.9 Å². The molecular formula is C14H15N3O2. The fraction of sp³-hybridized carbons (Fsp3) is 0.357. The Labute approximate surface area is 110 Å². The van der Waals surface area contributed by atoms with Gasteiger partial charge in [-0.25, -0.2) is 0 Å². The smallest absolute Gasteiger partial charge is 0.251 e. The highest BCUT2D eigenvalue weighted by molar-refractivity contribution is 5.97. The average Bonchev–Trinajstić information content (AvgIpc) is 3.25. The number of aromatic nitrogens is 2. The number of aliphatic hydroxyl groups is 1. The summed E-state index contributed by atoms with van der Waals surface area (Å²) in [7, 11) is 0. The number of aliphatic hydroxyl groups excluding tert-OH is 1. The van der Waals surface area contributed by atoms with E-state index >= 15 is 0 Å². The molecule has 1 amide bonds. The second-order valence-corrected chi connectivity index (χ2v) is 5.10. The summed E-state index contributed by atoms with van der Waals surface area (Å²) < 4.78 is 0. The van der Waals surface area contributed by atoms with Crippen LogP contribution in [-0.4, -0.2) is 34.1 Å². The lowest BCUT2D eigenvalue weighted by atomic mass is 10.1. The standard InChI is InChI=1S/C14H15N3O2/c18-9-14(3-4-14)8-17-13(19)10-1-2-11-12(7-10)16-6-5-15-11/h1-2,5-7,18H,3-4,8-9H2,(H,17,19). The Kier molecular flexibility index (Phi) is 2.91. The molecule has 1 aromatic carbocycles. The number of rotatable bonds is 4. The summed E-state index contributed by atoms with van der Waals surface area (Å²) in [6.07, 6.45) is 5.19. The van der Waals surface area contributed by atoms with Crippen LogP contribution in [0, 0.1) is 5.41 Å². The van der Waals surface area contributed by atoms with Crippen molar-refractivity contribution in [2.24, 2.45) is 5.41 Å². The number of amides is 1. The summed E-state index contributed by atoms with van der Waals surface area (Å²) in [5, 5.41) is 12.1. The van der Waals surface area contributed by atoms with Crippen molar-refractivity contribution in [2.75, 3.05) is 13.2 Å². The zero-order chi connectivity index (χ0) is 13.3. The van der Waals surface area contributed by atoms with Crippen molar-refractivity contribution in [1.29, 1.82) is 0 Å². The summed E-state index contributed by atoms with van der Waals surface area (Å²) >= 11 is 0. The first-order valence-electron chi connectivity index (χ1n) is 6.32. The molecular weight excluding hydrogens is 242 g/mol. The summed E-state index contributed by atoms with van der Waals surface area (Å²) in [5.41, 5.74) is 1.97. The SMILES string of the molecule is O=C(NCC1(CO)CC1)c1ccc2nccnc2c1. The number of carbonyl (C=O) groups excluding carboxylic acids is 1.